The van der Waals surface area contributed by atoms with Crippen molar-refractivity contribution in [2.24, 2.45) is 0 Å². The number of benzene rings is 2. The Morgan fingerprint density at radius 2 is 1.77 bits per heavy atom. The van der Waals surface area contributed by atoms with E-state index in [1.165, 1.54) is 36.4 Å². The minimum absolute atomic E-state index is 0.00326. The van der Waals surface area contributed by atoms with E-state index in [9.17, 15) is 26.4 Å². The number of halogens is 3. The summed E-state index contributed by atoms with van der Waals surface area (Å²) in [5.41, 5.74) is 0.240. The van der Waals surface area contributed by atoms with E-state index in [-0.39, 0.29) is 22.7 Å². The molecule has 0 fully saturated rings. The van der Waals surface area contributed by atoms with Crippen LogP contribution < -0.4 is 14.8 Å². The largest absolute Gasteiger partial charge is 0.573 e. The lowest BCUT2D eigenvalue weighted by Gasteiger charge is -2.11. The number of amides is 1. The van der Waals surface area contributed by atoms with Crippen molar-refractivity contribution in [3.05, 3.63) is 54.1 Å². The van der Waals surface area contributed by atoms with Crippen molar-refractivity contribution in [2.45, 2.75) is 18.2 Å². The zero-order valence-electron chi connectivity index (χ0n) is 13.5. The maximum absolute atomic E-state index is 12.2. The Morgan fingerprint density at radius 3 is 2.35 bits per heavy atom. The van der Waals surface area contributed by atoms with Crippen LogP contribution in [0.1, 0.15) is 17.3 Å². The fourth-order valence-electron chi connectivity index (χ4n) is 2.03. The Morgan fingerprint density at radius 1 is 1.12 bits per heavy atom. The van der Waals surface area contributed by atoms with E-state index in [0.29, 0.717) is 0 Å². The molecule has 2 aromatic rings. The molecule has 0 aliphatic rings. The maximum Gasteiger partial charge on any atom is 0.573 e. The highest BCUT2D eigenvalue weighted by molar-refractivity contribution is 7.89. The Hall–Kier alpha value is -2.59. The Balaban J connectivity index is 2.12. The molecule has 0 atom stereocenters. The number of carbonyl (C=O) groups is 1. The number of hydrogen-bond acceptors (Lipinski definition) is 4. The van der Waals surface area contributed by atoms with Crippen LogP contribution in [0.5, 0.6) is 5.75 Å². The van der Waals surface area contributed by atoms with Crippen molar-refractivity contribution in [3.63, 3.8) is 0 Å². The van der Waals surface area contributed by atoms with Crippen molar-refractivity contribution in [1.82, 2.24) is 4.72 Å². The summed E-state index contributed by atoms with van der Waals surface area (Å²) >= 11 is 0. The van der Waals surface area contributed by atoms with Crippen molar-refractivity contribution >= 4 is 21.6 Å². The minimum Gasteiger partial charge on any atom is -0.406 e. The molecule has 0 saturated heterocycles. The first kappa shape index (κ1) is 19.7. The lowest BCUT2D eigenvalue weighted by Crippen LogP contribution is -2.23. The van der Waals surface area contributed by atoms with Gasteiger partial charge in [-0.2, -0.15) is 0 Å². The average Bonchev–Trinajstić information content (AvgIpc) is 2.53. The highest BCUT2D eigenvalue weighted by Gasteiger charge is 2.31. The molecule has 2 rings (SSSR count). The summed E-state index contributed by atoms with van der Waals surface area (Å²) in [5, 5.41) is 2.42. The number of ether oxygens (including phenoxy) is 1. The van der Waals surface area contributed by atoms with Crippen LogP contribution in [-0.2, 0) is 10.0 Å². The number of alkyl halides is 3. The zero-order chi connectivity index (χ0) is 19.4. The van der Waals surface area contributed by atoms with Crippen LogP contribution in [0.25, 0.3) is 0 Å². The molecule has 0 bridgehead atoms. The molecule has 6 nitrogen and oxygen atoms in total. The summed E-state index contributed by atoms with van der Waals surface area (Å²) in [6.45, 7) is 1.86. The van der Waals surface area contributed by atoms with Gasteiger partial charge in [-0.25, -0.2) is 13.1 Å². The zero-order valence-corrected chi connectivity index (χ0v) is 14.3. The smallest absolute Gasteiger partial charge is 0.406 e. The molecule has 26 heavy (non-hydrogen) atoms. The number of hydrogen-bond donors (Lipinski definition) is 2. The van der Waals surface area contributed by atoms with Crippen molar-refractivity contribution in [1.29, 1.82) is 0 Å². The number of nitrogens with one attached hydrogen (secondary N) is 2. The highest BCUT2D eigenvalue weighted by Crippen LogP contribution is 2.25. The van der Waals surface area contributed by atoms with Crippen LogP contribution in [0.3, 0.4) is 0 Å². The number of carbonyl (C=O) groups excluding carboxylic acids is 1. The van der Waals surface area contributed by atoms with Gasteiger partial charge in [0, 0.05) is 23.9 Å². The molecule has 10 heteroatoms. The summed E-state index contributed by atoms with van der Waals surface area (Å²) in [7, 11) is -3.64. The monoisotopic (exact) mass is 388 g/mol. The quantitative estimate of drug-likeness (QED) is 0.796. The van der Waals surface area contributed by atoms with Crippen molar-refractivity contribution < 1.29 is 31.1 Å². The van der Waals surface area contributed by atoms with Gasteiger partial charge in [0.1, 0.15) is 5.75 Å². The molecule has 140 valence electrons. The van der Waals surface area contributed by atoms with Gasteiger partial charge in [0.25, 0.3) is 5.91 Å². The molecule has 0 heterocycles. The third-order valence-electron chi connectivity index (χ3n) is 3.09. The van der Waals surface area contributed by atoms with Crippen LogP contribution in [0.2, 0.25) is 0 Å². The van der Waals surface area contributed by atoms with E-state index < -0.39 is 28.0 Å². The predicted octanol–water partition coefficient (Wildman–Crippen LogP) is 3.14. The van der Waals surface area contributed by atoms with E-state index in [2.05, 4.69) is 14.8 Å². The molecule has 2 aromatic carbocycles. The van der Waals surface area contributed by atoms with Gasteiger partial charge in [0.2, 0.25) is 10.0 Å². The molecule has 0 spiro atoms. The van der Waals surface area contributed by atoms with Gasteiger partial charge >= 0.3 is 6.36 Å². The second kappa shape index (κ2) is 7.75. The fraction of sp³-hybridized carbons (Fsp3) is 0.188. The Bertz CT molecular complexity index is 881. The first-order chi connectivity index (χ1) is 12.1. The van der Waals surface area contributed by atoms with Crippen LogP contribution in [0.15, 0.2) is 53.4 Å². The molecule has 0 saturated carbocycles. The molecular formula is C16H15F3N2O4S. The van der Waals surface area contributed by atoms with Crippen molar-refractivity contribution in [3.8, 4) is 5.75 Å². The van der Waals surface area contributed by atoms with E-state index >= 15 is 0 Å². The molecule has 0 aliphatic heterocycles. The standard InChI is InChI=1S/C16H15F3N2O4S/c1-2-20-26(23,24)14-8-6-11(7-9-14)15(22)21-12-4-3-5-13(10-12)25-16(17,18)19/h3-10,20H,2H2,1H3,(H,21,22). The van der Waals surface area contributed by atoms with Gasteiger partial charge in [0.15, 0.2) is 0 Å². The molecule has 0 aromatic heterocycles. The van der Waals surface area contributed by atoms with Crippen molar-refractivity contribution in [2.75, 3.05) is 11.9 Å². The second-order valence-electron chi connectivity index (χ2n) is 5.06. The van der Waals surface area contributed by atoms with E-state index in [1.807, 2.05) is 0 Å². The predicted molar refractivity (Wildman–Crippen MR) is 88.4 cm³/mol. The number of sulfonamides is 1. The Labute approximate surface area is 148 Å². The summed E-state index contributed by atoms with van der Waals surface area (Å²) in [4.78, 5) is 12.2. The first-order valence-corrected chi connectivity index (χ1v) is 8.86. The van der Waals surface area contributed by atoms with Gasteiger partial charge in [-0.3, -0.25) is 4.79 Å². The molecule has 2 N–H and O–H groups in total. The van der Waals surface area contributed by atoms with E-state index in [1.54, 1.807) is 6.92 Å². The van der Waals surface area contributed by atoms with E-state index in [0.717, 1.165) is 12.1 Å². The number of anilines is 1. The highest BCUT2D eigenvalue weighted by atomic mass is 32.2. The summed E-state index contributed by atoms with van der Waals surface area (Å²) in [6, 6.07) is 9.93. The summed E-state index contributed by atoms with van der Waals surface area (Å²) in [5.74, 6) is -1.08. The van der Waals surface area contributed by atoms with Crippen LogP contribution >= 0.6 is 0 Å². The van der Waals surface area contributed by atoms with Crippen LogP contribution in [0, 0.1) is 0 Å². The topological polar surface area (TPSA) is 84.5 Å². The van der Waals surface area contributed by atoms with Crippen LogP contribution in [0.4, 0.5) is 18.9 Å². The van der Waals surface area contributed by atoms with E-state index in [4.69, 9.17) is 0 Å². The summed E-state index contributed by atoms with van der Waals surface area (Å²) < 4.78 is 66.5. The third-order valence-corrected chi connectivity index (χ3v) is 4.65. The fourth-order valence-corrected chi connectivity index (χ4v) is 3.07. The van der Waals surface area contributed by atoms with Crippen LogP contribution in [-0.4, -0.2) is 27.2 Å². The Kier molecular flexibility index (Phi) is 5.88. The molecule has 0 radical (unpaired) electrons. The van der Waals surface area contributed by atoms with Gasteiger partial charge < -0.3 is 10.1 Å². The lowest BCUT2D eigenvalue weighted by atomic mass is 10.2. The molecule has 0 aliphatic carbocycles. The van der Waals surface area contributed by atoms with Gasteiger partial charge in [-0.1, -0.05) is 13.0 Å². The molecule has 1 amide bonds. The summed E-state index contributed by atoms with van der Waals surface area (Å²) in [6.07, 6.45) is -4.84. The maximum atomic E-state index is 12.2. The van der Waals surface area contributed by atoms with Gasteiger partial charge in [-0.05, 0) is 36.4 Å². The normalized spacial score (nSPS) is 11.8. The van der Waals surface area contributed by atoms with Gasteiger partial charge in [-0.15, -0.1) is 13.2 Å². The van der Waals surface area contributed by atoms with Gasteiger partial charge in [0.05, 0.1) is 4.90 Å². The lowest BCUT2D eigenvalue weighted by molar-refractivity contribution is -0.274. The minimum atomic E-state index is -4.84. The third kappa shape index (κ3) is 5.46. The molecule has 0 unspecified atom stereocenters. The first-order valence-electron chi connectivity index (χ1n) is 7.37. The SMILES string of the molecule is CCNS(=O)(=O)c1ccc(C(=O)Nc2cccc(OC(F)(F)F)c2)cc1. The molecular weight excluding hydrogens is 373 g/mol. The second-order valence-corrected chi connectivity index (χ2v) is 6.82. The number of rotatable bonds is 6. The average molecular weight is 388 g/mol.